The monoisotopic (exact) mass is 445 g/mol. The molecule has 4 nitrogen and oxygen atoms in total. The summed E-state index contributed by atoms with van der Waals surface area (Å²) >= 11 is 3.34. The molecule has 0 unspecified atom stereocenters. The molecular formula is C23H13BrFN3O. The molecule has 1 aliphatic heterocycles. The maximum Gasteiger partial charge on any atom is 0.209 e. The van der Waals surface area contributed by atoms with Gasteiger partial charge in [-0.25, -0.2) is 4.39 Å². The third-order valence-electron chi connectivity index (χ3n) is 4.11. The van der Waals surface area contributed by atoms with Crippen molar-refractivity contribution in [2.45, 2.75) is 0 Å². The summed E-state index contributed by atoms with van der Waals surface area (Å²) in [5.41, 5.74) is 1.41. The number of nitrogens with zero attached hydrogens (tertiary/aromatic N) is 3. The molecule has 0 radical (unpaired) electrons. The van der Waals surface area contributed by atoms with E-state index in [1.54, 1.807) is 66.9 Å². The smallest absolute Gasteiger partial charge is 0.209 e. The van der Waals surface area contributed by atoms with Gasteiger partial charge >= 0.3 is 0 Å². The Bertz CT molecular complexity index is 1130. The maximum absolute atomic E-state index is 13.3. The number of ketones is 1. The van der Waals surface area contributed by atoms with Gasteiger partial charge in [-0.2, -0.15) is 10.5 Å². The summed E-state index contributed by atoms with van der Waals surface area (Å²) in [6.07, 6.45) is 8.17. The molecule has 6 heteroatoms. The van der Waals surface area contributed by atoms with Crippen LogP contribution in [0.25, 0.3) is 6.08 Å². The van der Waals surface area contributed by atoms with E-state index in [1.165, 1.54) is 17.0 Å². The molecule has 0 atom stereocenters. The van der Waals surface area contributed by atoms with E-state index in [0.29, 0.717) is 11.1 Å². The molecule has 140 valence electrons. The van der Waals surface area contributed by atoms with E-state index in [4.69, 9.17) is 0 Å². The zero-order chi connectivity index (χ0) is 20.8. The van der Waals surface area contributed by atoms with Crippen molar-refractivity contribution in [3.63, 3.8) is 0 Å². The minimum atomic E-state index is -0.388. The lowest BCUT2D eigenvalue weighted by molar-refractivity contribution is 0.101. The van der Waals surface area contributed by atoms with Crippen molar-refractivity contribution in [1.29, 1.82) is 10.5 Å². The van der Waals surface area contributed by atoms with Gasteiger partial charge in [0, 0.05) is 16.2 Å². The molecule has 0 saturated heterocycles. The fourth-order valence-corrected chi connectivity index (χ4v) is 2.97. The van der Waals surface area contributed by atoms with E-state index in [0.717, 1.165) is 4.47 Å². The minimum Gasteiger partial charge on any atom is -0.312 e. The van der Waals surface area contributed by atoms with Crippen LogP contribution < -0.4 is 0 Å². The average molecular weight is 446 g/mol. The fourth-order valence-electron chi connectivity index (χ4n) is 2.71. The van der Waals surface area contributed by atoms with E-state index < -0.39 is 0 Å². The third-order valence-corrected chi connectivity index (χ3v) is 4.64. The summed E-state index contributed by atoms with van der Waals surface area (Å²) in [6, 6.07) is 16.3. The number of hydrogen-bond acceptors (Lipinski definition) is 4. The Kier molecular flexibility index (Phi) is 6.19. The first-order valence-corrected chi connectivity index (χ1v) is 9.29. The lowest BCUT2D eigenvalue weighted by Gasteiger charge is -2.26. The van der Waals surface area contributed by atoms with E-state index in [9.17, 15) is 19.7 Å². The second kappa shape index (κ2) is 8.97. The SMILES string of the molecule is N#CC(C#N)=C1C=CC=CN1C(=Cc1ccc(F)cc1)C(=O)c1ccc(Br)cc1. The Morgan fingerprint density at radius 2 is 1.66 bits per heavy atom. The summed E-state index contributed by atoms with van der Waals surface area (Å²) < 4.78 is 14.1. The average Bonchev–Trinajstić information content (AvgIpc) is 2.75. The van der Waals surface area contributed by atoms with Crippen molar-refractivity contribution in [3.05, 3.63) is 111 Å². The van der Waals surface area contributed by atoms with Crippen LogP contribution in [0, 0.1) is 28.5 Å². The molecule has 1 heterocycles. The highest BCUT2D eigenvalue weighted by Gasteiger charge is 2.23. The van der Waals surface area contributed by atoms with Gasteiger partial charge in [0.25, 0.3) is 0 Å². The molecule has 0 spiro atoms. The Morgan fingerprint density at radius 1 is 1.00 bits per heavy atom. The lowest BCUT2D eigenvalue weighted by atomic mass is 10.0. The van der Waals surface area contributed by atoms with Gasteiger partial charge in [-0.05, 0) is 60.2 Å². The zero-order valence-corrected chi connectivity index (χ0v) is 16.6. The highest BCUT2D eigenvalue weighted by Crippen LogP contribution is 2.27. The zero-order valence-electron chi connectivity index (χ0n) is 15.0. The van der Waals surface area contributed by atoms with Crippen LogP contribution in [-0.2, 0) is 0 Å². The first-order chi connectivity index (χ1) is 14.0. The predicted octanol–water partition coefficient (Wildman–Crippen LogP) is 5.50. The van der Waals surface area contributed by atoms with Crippen LogP contribution in [0.5, 0.6) is 0 Å². The molecule has 0 N–H and O–H groups in total. The number of hydrogen-bond donors (Lipinski definition) is 0. The van der Waals surface area contributed by atoms with Crippen molar-refractivity contribution < 1.29 is 9.18 Å². The highest BCUT2D eigenvalue weighted by atomic mass is 79.9. The second-order valence-corrected chi connectivity index (χ2v) is 6.89. The van der Waals surface area contributed by atoms with Gasteiger partial charge in [0.15, 0.2) is 5.57 Å². The molecule has 2 aromatic rings. The van der Waals surface area contributed by atoms with Crippen LogP contribution in [0.4, 0.5) is 4.39 Å². The number of halogens is 2. The summed E-state index contributed by atoms with van der Waals surface area (Å²) in [5, 5.41) is 18.6. The number of nitriles is 2. The van der Waals surface area contributed by atoms with Crippen LogP contribution in [0.2, 0.25) is 0 Å². The topological polar surface area (TPSA) is 67.9 Å². The fraction of sp³-hybridized carbons (Fsp3) is 0. The van der Waals surface area contributed by atoms with E-state index in [1.807, 2.05) is 12.1 Å². The molecule has 0 bridgehead atoms. The normalized spacial score (nSPS) is 13.0. The number of Topliss-reactive ketones (excluding diaryl/α,β-unsaturated/α-hetero) is 1. The van der Waals surface area contributed by atoms with Gasteiger partial charge < -0.3 is 4.90 Å². The van der Waals surface area contributed by atoms with Crippen LogP contribution in [0.15, 0.2) is 94.4 Å². The molecule has 0 fully saturated rings. The first-order valence-electron chi connectivity index (χ1n) is 8.49. The van der Waals surface area contributed by atoms with E-state index in [2.05, 4.69) is 15.9 Å². The summed E-state index contributed by atoms with van der Waals surface area (Å²) in [5.74, 6) is -0.699. The van der Waals surface area contributed by atoms with Gasteiger partial charge in [0.1, 0.15) is 18.0 Å². The van der Waals surface area contributed by atoms with Crippen molar-refractivity contribution >= 4 is 27.8 Å². The first kappa shape index (κ1) is 20.0. The van der Waals surface area contributed by atoms with E-state index >= 15 is 0 Å². The number of rotatable bonds is 4. The highest BCUT2D eigenvalue weighted by molar-refractivity contribution is 9.10. The van der Waals surface area contributed by atoms with Crippen LogP contribution >= 0.6 is 15.9 Å². The standard InChI is InChI=1S/C23H13BrFN3O/c24-19-8-6-17(7-9-19)23(29)22(13-16-4-10-20(25)11-5-16)28-12-2-1-3-21(28)18(14-26)15-27/h1-13H. The molecule has 0 aromatic heterocycles. The summed E-state index contributed by atoms with van der Waals surface area (Å²) in [4.78, 5) is 14.8. The lowest BCUT2D eigenvalue weighted by Crippen LogP contribution is -2.24. The Balaban J connectivity index is 2.17. The third kappa shape index (κ3) is 4.57. The number of allylic oxidation sites excluding steroid dienone is 5. The Hall–Kier alpha value is -3.74. The second-order valence-electron chi connectivity index (χ2n) is 5.97. The molecule has 0 aliphatic carbocycles. The van der Waals surface area contributed by atoms with Gasteiger partial charge in [-0.15, -0.1) is 0 Å². The molecule has 2 aromatic carbocycles. The van der Waals surface area contributed by atoms with E-state index in [-0.39, 0.29) is 28.6 Å². The molecule has 29 heavy (non-hydrogen) atoms. The van der Waals surface area contributed by atoms with Crippen molar-refractivity contribution in [2.24, 2.45) is 0 Å². The molecule has 3 rings (SSSR count). The molecular weight excluding hydrogens is 433 g/mol. The van der Waals surface area contributed by atoms with Gasteiger partial charge in [0.05, 0.1) is 11.4 Å². The van der Waals surface area contributed by atoms with Crippen LogP contribution in [0.1, 0.15) is 15.9 Å². The maximum atomic E-state index is 13.3. The minimum absolute atomic E-state index is 0.126. The Morgan fingerprint density at radius 3 is 2.28 bits per heavy atom. The molecule has 0 saturated carbocycles. The van der Waals surface area contributed by atoms with Crippen LogP contribution in [-0.4, -0.2) is 10.7 Å². The van der Waals surface area contributed by atoms with Crippen molar-refractivity contribution in [2.75, 3.05) is 0 Å². The largest absolute Gasteiger partial charge is 0.312 e. The Labute approximate surface area is 175 Å². The molecule has 1 aliphatic rings. The van der Waals surface area contributed by atoms with Crippen molar-refractivity contribution in [1.82, 2.24) is 4.90 Å². The van der Waals surface area contributed by atoms with Gasteiger partial charge in [-0.3, -0.25) is 4.79 Å². The van der Waals surface area contributed by atoms with Crippen LogP contribution in [0.3, 0.4) is 0 Å². The number of benzene rings is 2. The van der Waals surface area contributed by atoms with Gasteiger partial charge in [0.2, 0.25) is 5.78 Å². The summed E-state index contributed by atoms with van der Waals surface area (Å²) in [7, 11) is 0. The predicted molar refractivity (Wildman–Crippen MR) is 111 cm³/mol. The van der Waals surface area contributed by atoms with Gasteiger partial charge in [-0.1, -0.05) is 34.1 Å². The quantitative estimate of drug-likeness (QED) is 0.354. The summed E-state index contributed by atoms with van der Waals surface area (Å²) in [6.45, 7) is 0. The van der Waals surface area contributed by atoms with Crippen molar-refractivity contribution in [3.8, 4) is 12.1 Å². The molecule has 0 amide bonds. The number of carbonyl (C=O) groups is 1. The number of carbonyl (C=O) groups excluding carboxylic acids is 1.